The second-order valence-electron chi connectivity index (χ2n) is 2.97. The van der Waals surface area contributed by atoms with E-state index in [0.29, 0.717) is 5.33 Å². The third-order valence-corrected chi connectivity index (χ3v) is 2.38. The third-order valence-electron chi connectivity index (χ3n) is 1.76. The molecule has 1 aromatic carbocycles. The van der Waals surface area contributed by atoms with Crippen molar-refractivity contribution in [1.29, 1.82) is 0 Å². The van der Waals surface area contributed by atoms with Crippen LogP contribution >= 0.6 is 15.9 Å². The number of rotatable bonds is 3. The summed E-state index contributed by atoms with van der Waals surface area (Å²) < 4.78 is 0. The second kappa shape index (κ2) is 5.12. The summed E-state index contributed by atoms with van der Waals surface area (Å²) in [6, 6.07) is 7.11. The van der Waals surface area contributed by atoms with Crippen LogP contribution in [0.4, 0.5) is 5.69 Å². The first kappa shape index (κ1) is 11.2. The number of hydrogen-bond donors (Lipinski definition) is 2. The topological polar surface area (TPSA) is 49.3 Å². The minimum Gasteiger partial charge on any atom is -0.388 e. The van der Waals surface area contributed by atoms with Gasteiger partial charge in [0.15, 0.2) is 0 Å². The predicted octanol–water partition coefficient (Wildman–Crippen LogP) is 2.07. The Balaban J connectivity index is 2.73. The van der Waals surface area contributed by atoms with Gasteiger partial charge in [0.05, 0.1) is 6.10 Å². The monoisotopic (exact) mass is 257 g/mol. The molecular formula is C10H12BrNO2. The highest BCUT2D eigenvalue weighted by atomic mass is 79.9. The molecule has 3 nitrogen and oxygen atoms in total. The number of halogens is 1. The lowest BCUT2D eigenvalue weighted by Crippen LogP contribution is -2.06. The van der Waals surface area contributed by atoms with Crippen LogP contribution in [0, 0.1) is 0 Å². The van der Waals surface area contributed by atoms with E-state index in [4.69, 9.17) is 0 Å². The Morgan fingerprint density at radius 2 is 2.07 bits per heavy atom. The molecule has 0 spiro atoms. The van der Waals surface area contributed by atoms with Gasteiger partial charge >= 0.3 is 0 Å². The normalized spacial score (nSPS) is 12.2. The molecule has 1 rings (SSSR count). The number of aliphatic hydroxyl groups excluding tert-OH is 1. The zero-order chi connectivity index (χ0) is 10.6. The molecule has 0 bridgehead atoms. The Labute approximate surface area is 91.3 Å². The van der Waals surface area contributed by atoms with Crippen LogP contribution < -0.4 is 5.32 Å². The molecule has 2 N–H and O–H groups in total. The zero-order valence-corrected chi connectivity index (χ0v) is 9.41. The van der Waals surface area contributed by atoms with E-state index in [9.17, 15) is 9.90 Å². The van der Waals surface area contributed by atoms with Crippen LogP contribution in [0.1, 0.15) is 18.6 Å². The molecule has 76 valence electrons. The van der Waals surface area contributed by atoms with Crippen molar-refractivity contribution in [2.24, 2.45) is 0 Å². The van der Waals surface area contributed by atoms with E-state index < -0.39 is 6.10 Å². The van der Waals surface area contributed by atoms with Gasteiger partial charge in [-0.3, -0.25) is 4.79 Å². The molecule has 1 unspecified atom stereocenters. The van der Waals surface area contributed by atoms with E-state index >= 15 is 0 Å². The first-order chi connectivity index (χ1) is 6.63. The summed E-state index contributed by atoms with van der Waals surface area (Å²) in [7, 11) is 0. The molecule has 0 aliphatic carbocycles. The number of hydrogen-bond acceptors (Lipinski definition) is 2. The Bertz CT molecular complexity index is 310. The van der Waals surface area contributed by atoms with Gasteiger partial charge in [-0.25, -0.2) is 0 Å². The highest BCUT2D eigenvalue weighted by Gasteiger charge is 2.04. The van der Waals surface area contributed by atoms with Crippen molar-refractivity contribution in [2.45, 2.75) is 13.0 Å². The maximum Gasteiger partial charge on any atom is 0.221 e. The largest absolute Gasteiger partial charge is 0.388 e. The van der Waals surface area contributed by atoms with Crippen LogP contribution in [0.3, 0.4) is 0 Å². The quantitative estimate of drug-likeness (QED) is 0.815. The molecular weight excluding hydrogens is 246 g/mol. The molecule has 0 aliphatic heterocycles. The Hall–Kier alpha value is -0.870. The average molecular weight is 258 g/mol. The van der Waals surface area contributed by atoms with Gasteiger partial charge in [-0.15, -0.1) is 0 Å². The van der Waals surface area contributed by atoms with Gasteiger partial charge in [-0.2, -0.15) is 0 Å². The Morgan fingerprint density at radius 1 is 1.50 bits per heavy atom. The van der Waals surface area contributed by atoms with E-state index in [1.165, 1.54) is 6.92 Å². The predicted molar refractivity (Wildman–Crippen MR) is 59.5 cm³/mol. The summed E-state index contributed by atoms with van der Waals surface area (Å²) in [5, 5.41) is 12.6. The van der Waals surface area contributed by atoms with Crippen molar-refractivity contribution >= 4 is 27.5 Å². The van der Waals surface area contributed by atoms with Crippen LogP contribution in [0.25, 0.3) is 0 Å². The zero-order valence-electron chi connectivity index (χ0n) is 7.83. The fourth-order valence-corrected chi connectivity index (χ4v) is 1.45. The number of aliphatic hydroxyl groups is 1. The fraction of sp³-hybridized carbons (Fsp3) is 0.300. The average Bonchev–Trinajstić information content (AvgIpc) is 2.17. The lowest BCUT2D eigenvalue weighted by Gasteiger charge is -2.08. The van der Waals surface area contributed by atoms with Gasteiger partial charge in [0.25, 0.3) is 0 Å². The van der Waals surface area contributed by atoms with Gasteiger partial charge in [0.1, 0.15) is 0 Å². The molecule has 1 amide bonds. The summed E-state index contributed by atoms with van der Waals surface area (Å²) in [6.45, 7) is 1.46. The second-order valence-corrected chi connectivity index (χ2v) is 3.62. The van der Waals surface area contributed by atoms with E-state index in [1.807, 2.05) is 0 Å². The number of carbonyl (C=O) groups excluding carboxylic acids is 1. The fourth-order valence-electron chi connectivity index (χ4n) is 1.08. The smallest absolute Gasteiger partial charge is 0.221 e. The lowest BCUT2D eigenvalue weighted by molar-refractivity contribution is -0.114. The molecule has 0 saturated heterocycles. The van der Waals surface area contributed by atoms with Crippen molar-refractivity contribution < 1.29 is 9.90 Å². The summed E-state index contributed by atoms with van der Waals surface area (Å²) in [5.74, 6) is -0.0983. The van der Waals surface area contributed by atoms with E-state index in [1.54, 1.807) is 24.3 Å². The molecule has 0 radical (unpaired) electrons. The molecule has 14 heavy (non-hydrogen) atoms. The van der Waals surface area contributed by atoms with Crippen molar-refractivity contribution in [3.05, 3.63) is 29.8 Å². The maximum atomic E-state index is 10.7. The Kier molecular flexibility index (Phi) is 4.10. The third kappa shape index (κ3) is 3.12. The van der Waals surface area contributed by atoms with Crippen molar-refractivity contribution in [3.63, 3.8) is 0 Å². The molecule has 1 atom stereocenters. The summed E-state index contributed by atoms with van der Waals surface area (Å²) in [6.07, 6.45) is -0.499. The van der Waals surface area contributed by atoms with Gasteiger partial charge in [0.2, 0.25) is 5.91 Å². The molecule has 0 saturated carbocycles. The van der Waals surface area contributed by atoms with Crippen LogP contribution in [0.5, 0.6) is 0 Å². The van der Waals surface area contributed by atoms with Crippen LogP contribution in [0.15, 0.2) is 24.3 Å². The molecule has 0 fully saturated rings. The van der Waals surface area contributed by atoms with E-state index in [0.717, 1.165) is 11.3 Å². The van der Waals surface area contributed by atoms with Gasteiger partial charge in [-0.1, -0.05) is 28.1 Å². The van der Waals surface area contributed by atoms with Gasteiger partial charge < -0.3 is 10.4 Å². The van der Waals surface area contributed by atoms with Crippen LogP contribution in [-0.2, 0) is 4.79 Å². The molecule has 0 aromatic heterocycles. The van der Waals surface area contributed by atoms with Crippen molar-refractivity contribution in [1.82, 2.24) is 0 Å². The van der Waals surface area contributed by atoms with Gasteiger partial charge in [0, 0.05) is 17.9 Å². The summed E-state index contributed by atoms with van der Waals surface area (Å²) in [4.78, 5) is 10.7. The molecule has 1 aromatic rings. The summed E-state index contributed by atoms with van der Waals surface area (Å²) in [5.41, 5.74) is 1.57. The number of benzene rings is 1. The minimum atomic E-state index is -0.499. The maximum absolute atomic E-state index is 10.7. The first-order valence-electron chi connectivity index (χ1n) is 4.25. The number of anilines is 1. The first-order valence-corrected chi connectivity index (χ1v) is 5.37. The number of carbonyl (C=O) groups is 1. The van der Waals surface area contributed by atoms with Crippen LogP contribution in [-0.4, -0.2) is 16.3 Å². The Morgan fingerprint density at radius 3 is 2.50 bits per heavy atom. The highest BCUT2D eigenvalue weighted by Crippen LogP contribution is 2.17. The van der Waals surface area contributed by atoms with E-state index in [2.05, 4.69) is 21.2 Å². The molecule has 0 aliphatic rings. The standard InChI is InChI=1S/C10H12BrNO2/c1-7(13)12-9-4-2-8(3-5-9)10(14)6-11/h2-5,10,14H,6H2,1H3,(H,12,13). The lowest BCUT2D eigenvalue weighted by atomic mass is 10.1. The number of nitrogens with one attached hydrogen (secondary N) is 1. The van der Waals surface area contributed by atoms with Crippen molar-refractivity contribution in [2.75, 3.05) is 10.6 Å². The SMILES string of the molecule is CC(=O)Nc1ccc(C(O)CBr)cc1. The highest BCUT2D eigenvalue weighted by molar-refractivity contribution is 9.09. The molecule has 0 heterocycles. The van der Waals surface area contributed by atoms with E-state index in [-0.39, 0.29) is 5.91 Å². The molecule has 4 heteroatoms. The number of amides is 1. The minimum absolute atomic E-state index is 0.0983. The van der Waals surface area contributed by atoms with Gasteiger partial charge in [-0.05, 0) is 17.7 Å². The van der Waals surface area contributed by atoms with Crippen molar-refractivity contribution in [3.8, 4) is 0 Å². The van der Waals surface area contributed by atoms with Crippen LogP contribution in [0.2, 0.25) is 0 Å². The summed E-state index contributed by atoms with van der Waals surface area (Å²) >= 11 is 3.19. The number of alkyl halides is 1.